The normalized spacial score (nSPS) is 16.0. The molecule has 1 aliphatic carbocycles. The maximum atomic E-state index is 13.1. The highest BCUT2D eigenvalue weighted by Gasteiger charge is 2.34. The van der Waals surface area contributed by atoms with E-state index in [1.807, 2.05) is 6.07 Å². The maximum Gasteiger partial charge on any atom is 0.184 e. The molecule has 6 heteroatoms. The van der Waals surface area contributed by atoms with Crippen LogP contribution in [-0.2, 0) is 9.84 Å². The minimum atomic E-state index is -3.61. The van der Waals surface area contributed by atoms with Crippen LogP contribution in [0, 0.1) is 11.3 Å². The van der Waals surface area contributed by atoms with Gasteiger partial charge in [-0.25, -0.2) is 13.4 Å². The fourth-order valence-electron chi connectivity index (χ4n) is 3.08. The summed E-state index contributed by atoms with van der Waals surface area (Å²) in [5, 5.41) is 8.92. The average Bonchev–Trinajstić information content (AvgIpc) is 2.62. The summed E-state index contributed by atoms with van der Waals surface area (Å²) < 4.78 is 26.3. The molecule has 1 aliphatic rings. The lowest BCUT2D eigenvalue weighted by molar-refractivity contribution is 0.483. The van der Waals surface area contributed by atoms with E-state index in [9.17, 15) is 13.7 Å². The van der Waals surface area contributed by atoms with Gasteiger partial charge in [0, 0.05) is 18.0 Å². The fourth-order valence-corrected chi connectivity index (χ4v) is 5.22. The van der Waals surface area contributed by atoms with Gasteiger partial charge in [-0.15, -0.1) is 0 Å². The molecule has 0 atom stereocenters. The lowest BCUT2D eigenvalue weighted by Crippen LogP contribution is -2.25. The summed E-state index contributed by atoms with van der Waals surface area (Å²) in [4.78, 5) is 8.25. The van der Waals surface area contributed by atoms with Crippen LogP contribution in [0.1, 0.15) is 37.8 Å². The summed E-state index contributed by atoms with van der Waals surface area (Å²) in [6.07, 6.45) is 7.24. The van der Waals surface area contributed by atoms with Gasteiger partial charge >= 0.3 is 0 Å². The number of hydrogen-bond acceptors (Lipinski definition) is 5. The van der Waals surface area contributed by atoms with Crippen LogP contribution >= 0.6 is 0 Å². The summed E-state index contributed by atoms with van der Waals surface area (Å²) in [5.74, 6) is 0. The third-order valence-electron chi connectivity index (χ3n) is 4.23. The van der Waals surface area contributed by atoms with Crippen molar-refractivity contribution in [2.24, 2.45) is 0 Å². The summed E-state index contributed by atoms with van der Waals surface area (Å²) in [7, 11) is -3.61. The Morgan fingerprint density at radius 3 is 2.48 bits per heavy atom. The Labute approximate surface area is 135 Å². The second-order valence-electron chi connectivity index (χ2n) is 5.67. The summed E-state index contributed by atoms with van der Waals surface area (Å²) >= 11 is 0. The highest BCUT2D eigenvalue weighted by Crippen LogP contribution is 2.34. The molecular formula is C17H17N3O2S. The lowest BCUT2D eigenvalue weighted by Gasteiger charge is -2.23. The van der Waals surface area contributed by atoms with E-state index in [0.29, 0.717) is 24.1 Å². The predicted molar refractivity (Wildman–Crippen MR) is 86.2 cm³/mol. The van der Waals surface area contributed by atoms with Crippen LogP contribution in [0.4, 0.5) is 0 Å². The molecule has 23 heavy (non-hydrogen) atoms. The van der Waals surface area contributed by atoms with Gasteiger partial charge in [-0.2, -0.15) is 5.26 Å². The maximum absolute atomic E-state index is 13.1. The highest BCUT2D eigenvalue weighted by atomic mass is 32.2. The van der Waals surface area contributed by atoms with Crippen molar-refractivity contribution in [2.75, 3.05) is 0 Å². The molecule has 2 aromatic heterocycles. The van der Waals surface area contributed by atoms with E-state index >= 15 is 0 Å². The van der Waals surface area contributed by atoms with E-state index in [0.717, 1.165) is 19.3 Å². The van der Waals surface area contributed by atoms with Crippen molar-refractivity contribution in [1.29, 1.82) is 5.26 Å². The lowest BCUT2D eigenvalue weighted by atomic mass is 10.0. The van der Waals surface area contributed by atoms with Crippen molar-refractivity contribution >= 4 is 9.84 Å². The average molecular weight is 327 g/mol. The van der Waals surface area contributed by atoms with Gasteiger partial charge < -0.3 is 0 Å². The van der Waals surface area contributed by atoms with Crippen molar-refractivity contribution in [3.63, 3.8) is 0 Å². The Balaban J connectivity index is 2.19. The van der Waals surface area contributed by atoms with Gasteiger partial charge in [0.2, 0.25) is 0 Å². The Hall–Kier alpha value is -2.26. The number of aromatic nitrogens is 2. The zero-order valence-corrected chi connectivity index (χ0v) is 13.5. The van der Waals surface area contributed by atoms with E-state index < -0.39 is 15.1 Å². The largest absolute Gasteiger partial charge is 0.256 e. The first kappa shape index (κ1) is 15.6. The van der Waals surface area contributed by atoms with E-state index in [1.165, 1.54) is 6.20 Å². The fraction of sp³-hybridized carbons (Fsp3) is 0.353. The molecule has 0 bridgehead atoms. The Morgan fingerprint density at radius 1 is 1.04 bits per heavy atom. The quantitative estimate of drug-likeness (QED) is 0.865. The van der Waals surface area contributed by atoms with Gasteiger partial charge in [-0.3, -0.25) is 4.98 Å². The molecule has 3 rings (SSSR count). The predicted octanol–water partition coefficient (Wildman–Crippen LogP) is 3.12. The molecule has 0 aromatic carbocycles. The van der Waals surface area contributed by atoms with Crippen molar-refractivity contribution in [2.45, 2.75) is 42.2 Å². The van der Waals surface area contributed by atoms with Crippen LogP contribution < -0.4 is 0 Å². The molecule has 0 aliphatic heterocycles. The second kappa shape index (κ2) is 6.47. The topological polar surface area (TPSA) is 83.7 Å². The third-order valence-corrected chi connectivity index (χ3v) is 6.56. The molecule has 0 N–H and O–H groups in total. The van der Waals surface area contributed by atoms with E-state index in [-0.39, 0.29) is 10.6 Å². The van der Waals surface area contributed by atoms with Crippen molar-refractivity contribution in [3.05, 3.63) is 42.4 Å². The molecule has 2 aromatic rings. The minimum absolute atomic E-state index is 0.0353. The number of nitrogens with zero attached hydrogens (tertiary/aromatic N) is 3. The Kier molecular flexibility index (Phi) is 4.39. The van der Waals surface area contributed by atoms with Gasteiger partial charge in [0.25, 0.3) is 0 Å². The van der Waals surface area contributed by atoms with Crippen LogP contribution in [0.5, 0.6) is 0 Å². The molecule has 0 unspecified atom stereocenters. The second-order valence-corrected chi connectivity index (χ2v) is 7.83. The Bertz CT molecular complexity index is 836. The first-order valence-electron chi connectivity index (χ1n) is 7.69. The number of rotatable bonds is 3. The first-order valence-corrected chi connectivity index (χ1v) is 9.23. The molecular weight excluding hydrogens is 310 g/mol. The molecule has 1 saturated carbocycles. The molecule has 0 amide bonds. The van der Waals surface area contributed by atoms with Gasteiger partial charge in [-0.1, -0.05) is 25.3 Å². The van der Waals surface area contributed by atoms with Crippen molar-refractivity contribution in [3.8, 4) is 17.3 Å². The zero-order chi connectivity index (χ0) is 16.3. The van der Waals surface area contributed by atoms with Gasteiger partial charge in [0.05, 0.1) is 10.9 Å². The monoisotopic (exact) mass is 327 g/mol. The Morgan fingerprint density at radius 2 is 1.83 bits per heavy atom. The van der Waals surface area contributed by atoms with Crippen LogP contribution in [0.3, 0.4) is 0 Å². The van der Waals surface area contributed by atoms with Gasteiger partial charge in [0.15, 0.2) is 15.5 Å². The molecule has 0 spiro atoms. The number of sulfone groups is 1. The van der Waals surface area contributed by atoms with Crippen molar-refractivity contribution in [1.82, 2.24) is 9.97 Å². The molecule has 118 valence electrons. The van der Waals surface area contributed by atoms with E-state index in [4.69, 9.17) is 0 Å². The highest BCUT2D eigenvalue weighted by molar-refractivity contribution is 7.92. The number of nitriles is 1. The molecule has 2 heterocycles. The summed E-state index contributed by atoms with van der Waals surface area (Å²) in [6.45, 7) is 0. The minimum Gasteiger partial charge on any atom is -0.256 e. The van der Waals surface area contributed by atoms with Crippen LogP contribution in [0.15, 0.2) is 41.6 Å². The van der Waals surface area contributed by atoms with Gasteiger partial charge in [0.1, 0.15) is 11.0 Å². The number of pyridine rings is 2. The van der Waals surface area contributed by atoms with Crippen LogP contribution in [0.25, 0.3) is 11.3 Å². The third kappa shape index (κ3) is 2.97. The number of hydrogen-bond donors (Lipinski definition) is 0. The zero-order valence-electron chi connectivity index (χ0n) is 12.6. The van der Waals surface area contributed by atoms with E-state index in [2.05, 4.69) is 9.97 Å². The SMILES string of the molecule is N#Cc1nccc(-c2ccccn2)c1S(=O)(=O)C1CCCCC1. The smallest absolute Gasteiger partial charge is 0.184 e. The molecule has 0 radical (unpaired) electrons. The standard InChI is InChI=1S/C17H17N3O2S/c18-12-16-17(23(21,22)13-6-2-1-3-7-13)14(9-11-20-16)15-8-4-5-10-19-15/h4-5,8-11,13H,1-3,6-7H2. The molecule has 5 nitrogen and oxygen atoms in total. The van der Waals surface area contributed by atoms with Crippen LogP contribution in [0.2, 0.25) is 0 Å². The van der Waals surface area contributed by atoms with Crippen molar-refractivity contribution < 1.29 is 8.42 Å². The van der Waals surface area contributed by atoms with Crippen LogP contribution in [-0.4, -0.2) is 23.6 Å². The van der Waals surface area contributed by atoms with E-state index in [1.54, 1.807) is 30.5 Å². The summed E-state index contributed by atoms with van der Waals surface area (Å²) in [6, 6.07) is 8.87. The first-order chi connectivity index (χ1) is 11.1. The molecule has 0 saturated heterocycles. The molecule has 1 fully saturated rings. The summed E-state index contributed by atoms with van der Waals surface area (Å²) in [5.41, 5.74) is 0.960. The van der Waals surface area contributed by atoms with Gasteiger partial charge in [-0.05, 0) is 31.0 Å².